The molecule has 1 heterocycles. The van der Waals surface area contributed by atoms with Crippen molar-refractivity contribution in [1.29, 1.82) is 0 Å². The van der Waals surface area contributed by atoms with Crippen molar-refractivity contribution in [2.24, 2.45) is 0 Å². The average Bonchev–Trinajstić information content (AvgIpc) is 2.62. The Labute approximate surface area is 118 Å². The molecule has 104 valence electrons. The quantitative estimate of drug-likeness (QED) is 0.891. The number of hydrogen-bond donors (Lipinski definition) is 2. The summed E-state index contributed by atoms with van der Waals surface area (Å²) in [6.07, 6.45) is 0.962. The summed E-state index contributed by atoms with van der Waals surface area (Å²) in [5.41, 5.74) is 1.72. The molecule has 0 aromatic heterocycles. The molecule has 1 aliphatic heterocycles. The highest BCUT2D eigenvalue weighted by Crippen LogP contribution is 2.26. The lowest BCUT2D eigenvalue weighted by molar-refractivity contribution is -0.143. The van der Waals surface area contributed by atoms with Gasteiger partial charge in [0.05, 0.1) is 0 Å². The van der Waals surface area contributed by atoms with Crippen LogP contribution in [0.3, 0.4) is 0 Å². The van der Waals surface area contributed by atoms with Crippen molar-refractivity contribution in [1.82, 2.24) is 10.2 Å². The average molecular weight is 283 g/mol. The number of carbonyl (C=O) groups is 1. The number of benzene rings is 1. The second-order valence-electron chi connectivity index (χ2n) is 4.89. The number of aliphatic carboxylic acids is 1. The molecule has 2 rings (SSSR count). The zero-order valence-corrected chi connectivity index (χ0v) is 11.8. The highest BCUT2D eigenvalue weighted by atomic mass is 35.5. The van der Waals surface area contributed by atoms with Crippen LogP contribution >= 0.6 is 11.6 Å². The van der Waals surface area contributed by atoms with E-state index in [0.29, 0.717) is 5.02 Å². The van der Waals surface area contributed by atoms with E-state index in [1.54, 1.807) is 6.07 Å². The zero-order valence-electron chi connectivity index (χ0n) is 11.0. The Morgan fingerprint density at radius 2 is 2.21 bits per heavy atom. The van der Waals surface area contributed by atoms with Crippen LogP contribution in [-0.2, 0) is 4.79 Å². The van der Waals surface area contributed by atoms with E-state index in [1.165, 1.54) is 0 Å². The normalized spacial score (nSPS) is 18.8. The summed E-state index contributed by atoms with van der Waals surface area (Å²) in [5, 5.41) is 13.4. The monoisotopic (exact) mass is 282 g/mol. The van der Waals surface area contributed by atoms with Gasteiger partial charge in [0.25, 0.3) is 0 Å². The van der Waals surface area contributed by atoms with Crippen molar-refractivity contribution >= 4 is 17.6 Å². The van der Waals surface area contributed by atoms with Gasteiger partial charge >= 0.3 is 5.97 Å². The van der Waals surface area contributed by atoms with Crippen LogP contribution in [0.1, 0.15) is 23.6 Å². The number of hydrogen-bond acceptors (Lipinski definition) is 3. The van der Waals surface area contributed by atoms with Gasteiger partial charge in [0.1, 0.15) is 6.04 Å². The van der Waals surface area contributed by atoms with E-state index in [-0.39, 0.29) is 0 Å². The van der Waals surface area contributed by atoms with Crippen LogP contribution in [0.15, 0.2) is 18.2 Å². The molecule has 19 heavy (non-hydrogen) atoms. The van der Waals surface area contributed by atoms with Gasteiger partial charge in [0.15, 0.2) is 0 Å². The Kier molecular flexibility index (Phi) is 4.80. The van der Waals surface area contributed by atoms with Crippen LogP contribution < -0.4 is 5.32 Å². The van der Waals surface area contributed by atoms with E-state index in [4.69, 9.17) is 11.6 Å². The predicted octanol–water partition coefficient (Wildman–Crippen LogP) is 2.07. The summed E-state index contributed by atoms with van der Waals surface area (Å²) in [6, 6.07) is 4.90. The molecule has 5 heteroatoms. The second kappa shape index (κ2) is 6.37. The SMILES string of the molecule is Cc1ccc(C(C(=O)O)N2CCCNCC2)cc1Cl. The molecule has 0 bridgehead atoms. The fourth-order valence-corrected chi connectivity index (χ4v) is 2.60. The Balaban J connectivity index is 2.27. The van der Waals surface area contributed by atoms with Crippen LogP contribution in [0.25, 0.3) is 0 Å². The number of rotatable bonds is 3. The first kappa shape index (κ1) is 14.3. The molecule has 0 saturated carbocycles. The van der Waals surface area contributed by atoms with Crippen molar-refractivity contribution < 1.29 is 9.90 Å². The predicted molar refractivity (Wildman–Crippen MR) is 75.6 cm³/mol. The molecule has 0 aliphatic carbocycles. The first-order valence-corrected chi connectivity index (χ1v) is 6.91. The van der Waals surface area contributed by atoms with Gasteiger partial charge in [-0.15, -0.1) is 0 Å². The Morgan fingerprint density at radius 3 is 2.89 bits per heavy atom. The summed E-state index contributed by atoms with van der Waals surface area (Å²) >= 11 is 6.11. The summed E-state index contributed by atoms with van der Waals surface area (Å²) in [7, 11) is 0. The fourth-order valence-electron chi connectivity index (χ4n) is 2.41. The minimum atomic E-state index is -0.818. The van der Waals surface area contributed by atoms with Gasteiger partial charge < -0.3 is 10.4 Å². The van der Waals surface area contributed by atoms with E-state index in [1.807, 2.05) is 24.0 Å². The lowest BCUT2D eigenvalue weighted by Crippen LogP contribution is -2.36. The molecule has 1 atom stereocenters. The molecule has 0 amide bonds. The first-order chi connectivity index (χ1) is 9.09. The highest BCUT2D eigenvalue weighted by Gasteiger charge is 2.28. The second-order valence-corrected chi connectivity index (χ2v) is 5.30. The molecule has 1 unspecified atom stereocenters. The van der Waals surface area contributed by atoms with Gasteiger partial charge in [0, 0.05) is 24.7 Å². The van der Waals surface area contributed by atoms with Crippen molar-refractivity contribution in [3.63, 3.8) is 0 Å². The highest BCUT2D eigenvalue weighted by molar-refractivity contribution is 6.31. The van der Waals surface area contributed by atoms with Crippen molar-refractivity contribution in [2.75, 3.05) is 26.2 Å². The Hall–Kier alpha value is -1.10. The Morgan fingerprint density at radius 1 is 1.42 bits per heavy atom. The van der Waals surface area contributed by atoms with Crippen LogP contribution in [0.2, 0.25) is 5.02 Å². The van der Waals surface area contributed by atoms with Crippen molar-refractivity contribution in [3.05, 3.63) is 34.3 Å². The topological polar surface area (TPSA) is 52.6 Å². The largest absolute Gasteiger partial charge is 0.480 e. The van der Waals surface area contributed by atoms with E-state index in [0.717, 1.165) is 43.7 Å². The summed E-state index contributed by atoms with van der Waals surface area (Å²) in [4.78, 5) is 13.6. The summed E-state index contributed by atoms with van der Waals surface area (Å²) in [5.74, 6) is -0.818. The van der Waals surface area contributed by atoms with Crippen molar-refractivity contribution in [3.8, 4) is 0 Å². The van der Waals surface area contributed by atoms with Gasteiger partial charge in [-0.05, 0) is 37.1 Å². The number of halogens is 1. The molecule has 1 aromatic rings. The molecular formula is C14H19ClN2O2. The summed E-state index contributed by atoms with van der Waals surface area (Å²) in [6.45, 7) is 5.20. The molecule has 2 N–H and O–H groups in total. The lowest BCUT2D eigenvalue weighted by Gasteiger charge is -2.27. The number of nitrogens with one attached hydrogen (secondary N) is 1. The maximum Gasteiger partial charge on any atom is 0.325 e. The van der Waals surface area contributed by atoms with Gasteiger partial charge in [0.2, 0.25) is 0 Å². The fraction of sp³-hybridized carbons (Fsp3) is 0.500. The van der Waals surface area contributed by atoms with Crippen LogP contribution in [0, 0.1) is 6.92 Å². The lowest BCUT2D eigenvalue weighted by atomic mass is 10.0. The van der Waals surface area contributed by atoms with Gasteiger partial charge in [-0.1, -0.05) is 23.7 Å². The molecule has 1 saturated heterocycles. The molecule has 0 radical (unpaired) electrons. The van der Waals surface area contributed by atoms with Gasteiger partial charge in [-0.25, -0.2) is 0 Å². The standard InChI is InChI=1S/C14H19ClN2O2/c1-10-3-4-11(9-12(10)15)13(14(18)19)17-7-2-5-16-6-8-17/h3-4,9,13,16H,2,5-8H2,1H3,(H,18,19). The van der Waals surface area contributed by atoms with E-state index in [9.17, 15) is 9.90 Å². The number of nitrogens with zero attached hydrogens (tertiary/aromatic N) is 1. The molecule has 0 spiro atoms. The maximum absolute atomic E-state index is 11.6. The zero-order chi connectivity index (χ0) is 13.8. The van der Waals surface area contributed by atoms with E-state index >= 15 is 0 Å². The molecule has 1 fully saturated rings. The number of carboxylic acids is 1. The van der Waals surface area contributed by atoms with Gasteiger partial charge in [-0.2, -0.15) is 0 Å². The smallest absolute Gasteiger partial charge is 0.325 e. The Bertz CT molecular complexity index is 457. The minimum absolute atomic E-state index is 0.613. The summed E-state index contributed by atoms with van der Waals surface area (Å²) < 4.78 is 0. The van der Waals surface area contributed by atoms with E-state index in [2.05, 4.69) is 5.32 Å². The molecule has 4 nitrogen and oxygen atoms in total. The molecular weight excluding hydrogens is 264 g/mol. The maximum atomic E-state index is 11.6. The van der Waals surface area contributed by atoms with Crippen LogP contribution in [0.5, 0.6) is 0 Å². The minimum Gasteiger partial charge on any atom is -0.480 e. The van der Waals surface area contributed by atoms with Gasteiger partial charge in [-0.3, -0.25) is 9.69 Å². The third kappa shape index (κ3) is 3.47. The number of aryl methyl sites for hydroxylation is 1. The third-order valence-corrected chi connectivity index (χ3v) is 3.89. The van der Waals surface area contributed by atoms with Crippen LogP contribution in [-0.4, -0.2) is 42.2 Å². The van der Waals surface area contributed by atoms with Crippen molar-refractivity contribution in [2.45, 2.75) is 19.4 Å². The molecule has 1 aromatic carbocycles. The third-order valence-electron chi connectivity index (χ3n) is 3.49. The van der Waals surface area contributed by atoms with Crippen LogP contribution in [0.4, 0.5) is 0 Å². The molecule has 1 aliphatic rings. The van der Waals surface area contributed by atoms with E-state index < -0.39 is 12.0 Å². The number of carboxylic acid groups (broad SMARTS) is 1. The first-order valence-electron chi connectivity index (χ1n) is 6.53.